The van der Waals surface area contributed by atoms with Crippen molar-refractivity contribution in [3.05, 3.63) is 28.4 Å². The maximum atomic E-state index is 4.13. The maximum Gasteiger partial charge on any atom is 0.210 e. The van der Waals surface area contributed by atoms with E-state index in [1.165, 1.54) is 0 Å². The largest absolute Gasteiger partial charge is 0.227 e. The van der Waals surface area contributed by atoms with Crippen LogP contribution in [0.25, 0.3) is 5.13 Å². The van der Waals surface area contributed by atoms with Crippen molar-refractivity contribution < 1.29 is 0 Å². The standard InChI is InChI=1S/C6H4BrN3S/c7-5-1-3-10(9-5)6-8-2-4-11-6/h1-4H. The lowest BCUT2D eigenvalue weighted by molar-refractivity contribution is 0.860. The molecule has 0 aromatic carbocycles. The molecule has 0 unspecified atom stereocenters. The number of nitrogens with zero attached hydrogens (tertiary/aromatic N) is 3. The molecule has 0 aliphatic carbocycles. The predicted molar refractivity (Wildman–Crippen MR) is 46.9 cm³/mol. The van der Waals surface area contributed by atoms with Gasteiger partial charge in [-0.05, 0) is 22.0 Å². The van der Waals surface area contributed by atoms with Gasteiger partial charge in [0.1, 0.15) is 4.60 Å². The summed E-state index contributed by atoms with van der Waals surface area (Å²) in [6, 6.07) is 1.88. The Balaban J connectivity index is 2.45. The summed E-state index contributed by atoms with van der Waals surface area (Å²) in [7, 11) is 0. The van der Waals surface area contributed by atoms with E-state index >= 15 is 0 Å². The van der Waals surface area contributed by atoms with Gasteiger partial charge in [0, 0.05) is 17.8 Å². The fourth-order valence-electron chi connectivity index (χ4n) is 0.737. The molecule has 5 heteroatoms. The molecule has 2 heterocycles. The van der Waals surface area contributed by atoms with Crippen LogP contribution in [0.3, 0.4) is 0 Å². The maximum absolute atomic E-state index is 4.13. The van der Waals surface area contributed by atoms with Crippen molar-refractivity contribution in [2.45, 2.75) is 0 Å². The van der Waals surface area contributed by atoms with E-state index in [-0.39, 0.29) is 0 Å². The summed E-state index contributed by atoms with van der Waals surface area (Å²) in [6.45, 7) is 0. The summed E-state index contributed by atoms with van der Waals surface area (Å²) in [5.74, 6) is 0. The average Bonchev–Trinajstić information content (AvgIpc) is 2.55. The molecule has 2 aromatic heterocycles. The zero-order valence-corrected chi connectivity index (χ0v) is 7.84. The topological polar surface area (TPSA) is 30.7 Å². The van der Waals surface area contributed by atoms with Gasteiger partial charge in [0.05, 0.1) is 0 Å². The van der Waals surface area contributed by atoms with Gasteiger partial charge in [-0.1, -0.05) is 0 Å². The second-order valence-corrected chi connectivity index (χ2v) is 3.58. The van der Waals surface area contributed by atoms with Crippen molar-refractivity contribution in [3.63, 3.8) is 0 Å². The van der Waals surface area contributed by atoms with Crippen molar-refractivity contribution in [1.29, 1.82) is 0 Å². The van der Waals surface area contributed by atoms with Crippen molar-refractivity contribution in [1.82, 2.24) is 14.8 Å². The Bertz CT molecular complexity index is 340. The van der Waals surface area contributed by atoms with E-state index in [9.17, 15) is 0 Å². The van der Waals surface area contributed by atoms with E-state index in [0.29, 0.717) is 0 Å². The van der Waals surface area contributed by atoms with Crippen LogP contribution >= 0.6 is 27.3 Å². The molecule has 0 spiro atoms. The zero-order chi connectivity index (χ0) is 7.68. The SMILES string of the molecule is Brc1ccn(-c2nccs2)n1. The van der Waals surface area contributed by atoms with Gasteiger partial charge in [-0.2, -0.15) is 5.10 Å². The van der Waals surface area contributed by atoms with Crippen molar-refractivity contribution in [2.24, 2.45) is 0 Å². The normalized spacial score (nSPS) is 10.3. The molecule has 0 atom stereocenters. The number of hydrogen-bond donors (Lipinski definition) is 0. The van der Waals surface area contributed by atoms with Crippen LogP contribution < -0.4 is 0 Å². The molecule has 56 valence electrons. The van der Waals surface area contributed by atoms with E-state index in [4.69, 9.17) is 0 Å². The fourth-order valence-corrected chi connectivity index (χ4v) is 1.60. The highest BCUT2D eigenvalue weighted by molar-refractivity contribution is 9.10. The van der Waals surface area contributed by atoms with E-state index in [1.807, 2.05) is 17.6 Å². The van der Waals surface area contributed by atoms with E-state index in [0.717, 1.165) is 9.73 Å². The Morgan fingerprint density at radius 1 is 1.55 bits per heavy atom. The summed E-state index contributed by atoms with van der Waals surface area (Å²) < 4.78 is 2.56. The third kappa shape index (κ3) is 1.34. The highest BCUT2D eigenvalue weighted by Gasteiger charge is 1.98. The first-order valence-corrected chi connectivity index (χ1v) is 4.64. The summed E-state index contributed by atoms with van der Waals surface area (Å²) in [5, 5.41) is 6.94. The number of hydrogen-bond acceptors (Lipinski definition) is 3. The van der Waals surface area contributed by atoms with Crippen molar-refractivity contribution >= 4 is 27.3 Å². The quantitative estimate of drug-likeness (QED) is 0.750. The molecule has 0 amide bonds. The van der Waals surface area contributed by atoms with Crippen molar-refractivity contribution in [2.75, 3.05) is 0 Å². The second kappa shape index (κ2) is 2.75. The van der Waals surface area contributed by atoms with Crippen LogP contribution in [-0.4, -0.2) is 14.8 Å². The first-order valence-electron chi connectivity index (χ1n) is 2.97. The number of aromatic nitrogens is 3. The molecule has 0 bridgehead atoms. The van der Waals surface area contributed by atoms with Crippen LogP contribution in [0.2, 0.25) is 0 Å². The van der Waals surface area contributed by atoms with Gasteiger partial charge >= 0.3 is 0 Å². The van der Waals surface area contributed by atoms with Crippen LogP contribution in [0.15, 0.2) is 28.4 Å². The average molecular weight is 230 g/mol. The predicted octanol–water partition coefficient (Wildman–Crippen LogP) is 2.09. The highest BCUT2D eigenvalue weighted by Crippen LogP contribution is 2.12. The third-order valence-electron chi connectivity index (χ3n) is 1.17. The van der Waals surface area contributed by atoms with Crippen LogP contribution in [-0.2, 0) is 0 Å². The Hall–Kier alpha value is -0.680. The van der Waals surface area contributed by atoms with E-state index < -0.39 is 0 Å². The molecule has 11 heavy (non-hydrogen) atoms. The van der Waals surface area contributed by atoms with Gasteiger partial charge in [-0.3, -0.25) is 0 Å². The molecule has 3 nitrogen and oxygen atoms in total. The number of rotatable bonds is 1. The first-order chi connectivity index (χ1) is 5.36. The van der Waals surface area contributed by atoms with Gasteiger partial charge < -0.3 is 0 Å². The molecule has 0 aliphatic heterocycles. The minimum absolute atomic E-state index is 0.827. The van der Waals surface area contributed by atoms with Gasteiger partial charge in [-0.15, -0.1) is 11.3 Å². The Morgan fingerprint density at radius 2 is 2.45 bits per heavy atom. The molecule has 0 saturated carbocycles. The minimum Gasteiger partial charge on any atom is -0.227 e. The summed E-state index contributed by atoms with van der Waals surface area (Å²) in [5.41, 5.74) is 0. The molecular formula is C6H4BrN3S. The molecule has 2 rings (SSSR count). The Labute approximate surface area is 75.8 Å². The van der Waals surface area contributed by atoms with Gasteiger partial charge in [0.15, 0.2) is 0 Å². The molecule has 2 aromatic rings. The van der Waals surface area contributed by atoms with Crippen LogP contribution in [0.5, 0.6) is 0 Å². The monoisotopic (exact) mass is 229 g/mol. The minimum atomic E-state index is 0.827. The molecule has 0 N–H and O–H groups in total. The Morgan fingerprint density at radius 3 is 3.00 bits per heavy atom. The van der Waals surface area contributed by atoms with Crippen LogP contribution in [0.4, 0.5) is 0 Å². The summed E-state index contributed by atoms with van der Waals surface area (Å²) in [6.07, 6.45) is 3.62. The highest BCUT2D eigenvalue weighted by atomic mass is 79.9. The number of thiazole rings is 1. The van der Waals surface area contributed by atoms with Gasteiger partial charge in [-0.25, -0.2) is 9.67 Å². The third-order valence-corrected chi connectivity index (χ3v) is 2.36. The second-order valence-electron chi connectivity index (χ2n) is 1.90. The van der Waals surface area contributed by atoms with E-state index in [2.05, 4.69) is 26.0 Å². The molecule has 0 fully saturated rings. The number of halogens is 1. The van der Waals surface area contributed by atoms with Crippen LogP contribution in [0.1, 0.15) is 0 Å². The first kappa shape index (κ1) is 7.00. The van der Waals surface area contributed by atoms with E-state index in [1.54, 1.807) is 22.2 Å². The Kier molecular flexibility index (Phi) is 1.75. The van der Waals surface area contributed by atoms with Crippen molar-refractivity contribution in [3.8, 4) is 5.13 Å². The summed E-state index contributed by atoms with van der Waals surface area (Å²) in [4.78, 5) is 4.10. The molecule has 0 aliphatic rings. The lowest BCUT2D eigenvalue weighted by Crippen LogP contribution is -1.91. The van der Waals surface area contributed by atoms with Gasteiger partial charge in [0.2, 0.25) is 5.13 Å². The molecule has 0 saturated heterocycles. The smallest absolute Gasteiger partial charge is 0.210 e. The fraction of sp³-hybridized carbons (Fsp3) is 0. The zero-order valence-electron chi connectivity index (χ0n) is 5.44. The van der Waals surface area contributed by atoms with Crippen LogP contribution in [0, 0.1) is 0 Å². The molecular weight excluding hydrogens is 226 g/mol. The summed E-state index contributed by atoms with van der Waals surface area (Å²) >= 11 is 4.82. The lowest BCUT2D eigenvalue weighted by Gasteiger charge is -1.90. The van der Waals surface area contributed by atoms with Gasteiger partial charge in [0.25, 0.3) is 0 Å². The lowest BCUT2D eigenvalue weighted by atomic mass is 10.7. The molecule has 0 radical (unpaired) electrons.